The minimum Gasteiger partial charge on any atom is -0.378 e. The Balaban J connectivity index is 1.56. The quantitative estimate of drug-likeness (QED) is 0.823. The fraction of sp³-hybridized carbons (Fsp3) is 0.333. The molecule has 0 aliphatic carbocycles. The molecule has 0 aromatic heterocycles. The zero-order chi connectivity index (χ0) is 19.1. The van der Waals surface area contributed by atoms with Crippen molar-refractivity contribution in [3.63, 3.8) is 0 Å². The Morgan fingerprint density at radius 2 is 1.81 bits per heavy atom. The molecule has 2 aromatic rings. The van der Waals surface area contributed by atoms with Gasteiger partial charge in [-0.2, -0.15) is 0 Å². The molecule has 0 saturated carbocycles. The van der Waals surface area contributed by atoms with Gasteiger partial charge in [0.2, 0.25) is 5.91 Å². The standard InChI is InChI=1S/C21H25N3O3/c1-16(17-6-3-2-4-7-17)23-21(26)18-8-5-9-19(14-18)22-15-20(25)24-10-12-27-13-11-24/h2-9,14,16,22H,10-13,15H2,1H3,(H,23,26). The molecule has 6 heteroatoms. The van der Waals surface area contributed by atoms with Crippen LogP contribution in [0.1, 0.15) is 28.9 Å². The Kier molecular flexibility index (Phi) is 6.44. The van der Waals surface area contributed by atoms with E-state index in [1.54, 1.807) is 17.0 Å². The molecule has 1 unspecified atom stereocenters. The van der Waals surface area contributed by atoms with Crippen molar-refractivity contribution in [3.05, 3.63) is 65.7 Å². The van der Waals surface area contributed by atoms with Gasteiger partial charge in [0.25, 0.3) is 5.91 Å². The molecule has 1 heterocycles. The van der Waals surface area contributed by atoms with Crippen LogP contribution >= 0.6 is 0 Å². The molecule has 1 aliphatic rings. The van der Waals surface area contributed by atoms with E-state index in [0.29, 0.717) is 31.9 Å². The maximum atomic E-state index is 12.5. The molecule has 2 amide bonds. The topological polar surface area (TPSA) is 70.7 Å². The van der Waals surface area contributed by atoms with Crippen LogP contribution in [0.25, 0.3) is 0 Å². The van der Waals surface area contributed by atoms with E-state index in [1.807, 2.05) is 49.4 Å². The SMILES string of the molecule is CC(NC(=O)c1cccc(NCC(=O)N2CCOCC2)c1)c1ccccc1. The van der Waals surface area contributed by atoms with Crippen molar-refractivity contribution in [3.8, 4) is 0 Å². The van der Waals surface area contributed by atoms with Gasteiger partial charge in [-0.25, -0.2) is 0 Å². The summed E-state index contributed by atoms with van der Waals surface area (Å²) in [4.78, 5) is 26.5. The summed E-state index contributed by atoms with van der Waals surface area (Å²) in [7, 11) is 0. The van der Waals surface area contributed by atoms with Crippen LogP contribution in [0.15, 0.2) is 54.6 Å². The number of carbonyl (C=O) groups is 2. The van der Waals surface area contributed by atoms with Gasteiger partial charge in [0.1, 0.15) is 0 Å². The van der Waals surface area contributed by atoms with E-state index >= 15 is 0 Å². The molecule has 3 rings (SSSR count). The summed E-state index contributed by atoms with van der Waals surface area (Å²) >= 11 is 0. The lowest BCUT2D eigenvalue weighted by Crippen LogP contribution is -2.43. The molecule has 0 radical (unpaired) electrons. The van der Waals surface area contributed by atoms with Gasteiger partial charge in [-0.1, -0.05) is 36.4 Å². The smallest absolute Gasteiger partial charge is 0.251 e. The molecular formula is C21H25N3O3. The van der Waals surface area contributed by atoms with E-state index in [2.05, 4.69) is 10.6 Å². The molecule has 0 bridgehead atoms. The molecule has 2 N–H and O–H groups in total. The van der Waals surface area contributed by atoms with Gasteiger partial charge >= 0.3 is 0 Å². The van der Waals surface area contributed by atoms with Gasteiger partial charge in [-0.3, -0.25) is 9.59 Å². The Hall–Kier alpha value is -2.86. The maximum Gasteiger partial charge on any atom is 0.251 e. The van der Waals surface area contributed by atoms with Gasteiger partial charge in [-0.15, -0.1) is 0 Å². The van der Waals surface area contributed by atoms with E-state index < -0.39 is 0 Å². The molecule has 1 atom stereocenters. The van der Waals surface area contributed by atoms with Crippen LogP contribution in [0, 0.1) is 0 Å². The average Bonchev–Trinajstić information content (AvgIpc) is 2.73. The van der Waals surface area contributed by atoms with Crippen molar-refractivity contribution in [2.45, 2.75) is 13.0 Å². The molecule has 0 spiro atoms. The highest BCUT2D eigenvalue weighted by molar-refractivity contribution is 5.95. The zero-order valence-electron chi connectivity index (χ0n) is 15.5. The van der Waals surface area contributed by atoms with Crippen molar-refractivity contribution < 1.29 is 14.3 Å². The highest BCUT2D eigenvalue weighted by Crippen LogP contribution is 2.15. The monoisotopic (exact) mass is 367 g/mol. The second-order valence-corrected chi connectivity index (χ2v) is 6.53. The van der Waals surface area contributed by atoms with E-state index in [0.717, 1.165) is 11.3 Å². The third kappa shape index (κ3) is 5.31. The fourth-order valence-corrected chi connectivity index (χ4v) is 2.98. The predicted octanol–water partition coefficient (Wildman–Crippen LogP) is 2.45. The number of hydrogen-bond acceptors (Lipinski definition) is 4. The van der Waals surface area contributed by atoms with Crippen LogP contribution in [0.2, 0.25) is 0 Å². The Morgan fingerprint density at radius 1 is 1.07 bits per heavy atom. The molecule has 1 fully saturated rings. The van der Waals surface area contributed by atoms with Crippen LogP contribution in [-0.2, 0) is 9.53 Å². The number of carbonyl (C=O) groups excluding carboxylic acids is 2. The number of nitrogens with zero attached hydrogens (tertiary/aromatic N) is 1. The first kappa shape index (κ1) is 18.9. The molecule has 1 aliphatic heterocycles. The van der Waals surface area contributed by atoms with E-state index in [1.165, 1.54) is 0 Å². The van der Waals surface area contributed by atoms with Crippen molar-refractivity contribution in [2.24, 2.45) is 0 Å². The van der Waals surface area contributed by atoms with E-state index in [9.17, 15) is 9.59 Å². The number of anilines is 1. The average molecular weight is 367 g/mol. The predicted molar refractivity (Wildman–Crippen MR) is 105 cm³/mol. The lowest BCUT2D eigenvalue weighted by atomic mass is 10.1. The van der Waals surface area contributed by atoms with Gasteiger partial charge in [0.15, 0.2) is 0 Å². The third-order valence-corrected chi connectivity index (χ3v) is 4.58. The number of nitrogens with one attached hydrogen (secondary N) is 2. The number of benzene rings is 2. The van der Waals surface area contributed by atoms with Gasteiger partial charge < -0.3 is 20.3 Å². The molecule has 2 aromatic carbocycles. The van der Waals surface area contributed by atoms with Gasteiger partial charge in [0, 0.05) is 24.3 Å². The lowest BCUT2D eigenvalue weighted by molar-refractivity contribution is -0.133. The van der Waals surface area contributed by atoms with E-state index in [4.69, 9.17) is 4.74 Å². The maximum absolute atomic E-state index is 12.5. The first-order valence-electron chi connectivity index (χ1n) is 9.19. The third-order valence-electron chi connectivity index (χ3n) is 4.58. The fourth-order valence-electron chi connectivity index (χ4n) is 2.98. The molecule has 1 saturated heterocycles. The summed E-state index contributed by atoms with van der Waals surface area (Å²) in [5.74, 6) is -0.111. The lowest BCUT2D eigenvalue weighted by Gasteiger charge is -2.27. The molecule has 6 nitrogen and oxygen atoms in total. The normalized spacial score (nSPS) is 15.1. The van der Waals surface area contributed by atoms with Crippen molar-refractivity contribution in [2.75, 3.05) is 38.2 Å². The second-order valence-electron chi connectivity index (χ2n) is 6.53. The Bertz CT molecular complexity index is 773. The number of rotatable bonds is 6. The van der Waals surface area contributed by atoms with Crippen LogP contribution in [0.4, 0.5) is 5.69 Å². The number of hydrogen-bond donors (Lipinski definition) is 2. The summed E-state index contributed by atoms with van der Waals surface area (Å²) in [6.07, 6.45) is 0. The number of morpholine rings is 1. The van der Waals surface area contributed by atoms with Gasteiger partial charge in [-0.05, 0) is 30.7 Å². The van der Waals surface area contributed by atoms with Gasteiger partial charge in [0.05, 0.1) is 25.8 Å². The summed E-state index contributed by atoms with van der Waals surface area (Å²) in [6.45, 7) is 4.57. The van der Waals surface area contributed by atoms with Crippen molar-refractivity contribution in [1.29, 1.82) is 0 Å². The molecule has 142 valence electrons. The largest absolute Gasteiger partial charge is 0.378 e. The first-order chi connectivity index (χ1) is 13.1. The summed E-state index contributed by atoms with van der Waals surface area (Å²) in [5, 5.41) is 6.11. The minimum absolute atomic E-state index is 0.0332. The van der Waals surface area contributed by atoms with Crippen LogP contribution in [0.5, 0.6) is 0 Å². The zero-order valence-corrected chi connectivity index (χ0v) is 15.5. The molecular weight excluding hydrogens is 342 g/mol. The highest BCUT2D eigenvalue weighted by Gasteiger charge is 2.16. The molecule has 27 heavy (non-hydrogen) atoms. The summed E-state index contributed by atoms with van der Waals surface area (Å²) in [5.41, 5.74) is 2.36. The summed E-state index contributed by atoms with van der Waals surface area (Å²) < 4.78 is 5.26. The van der Waals surface area contributed by atoms with Crippen LogP contribution in [-0.4, -0.2) is 49.6 Å². The van der Waals surface area contributed by atoms with Crippen molar-refractivity contribution >= 4 is 17.5 Å². The van der Waals surface area contributed by atoms with Crippen LogP contribution in [0.3, 0.4) is 0 Å². The first-order valence-corrected chi connectivity index (χ1v) is 9.19. The minimum atomic E-state index is -0.144. The Morgan fingerprint density at radius 3 is 2.56 bits per heavy atom. The van der Waals surface area contributed by atoms with Crippen molar-refractivity contribution in [1.82, 2.24) is 10.2 Å². The number of ether oxygens (including phenoxy) is 1. The van der Waals surface area contributed by atoms with Crippen LogP contribution < -0.4 is 10.6 Å². The second kappa shape index (κ2) is 9.19. The highest BCUT2D eigenvalue weighted by atomic mass is 16.5. The summed E-state index contributed by atoms with van der Waals surface area (Å²) in [6, 6.07) is 16.9. The number of amides is 2. The Labute approximate surface area is 159 Å². The van der Waals surface area contributed by atoms with E-state index in [-0.39, 0.29) is 24.4 Å².